The Hall–Kier alpha value is -2.86. The Kier molecular flexibility index (Phi) is 4.95. The number of nitrogens with zero attached hydrogens (tertiary/aromatic N) is 2. The van der Waals surface area contributed by atoms with Crippen molar-refractivity contribution in [3.8, 4) is 45.5 Å². The Morgan fingerprint density at radius 2 is 1.54 bits per heavy atom. The number of hydrogen-bond donors (Lipinski definition) is 1. The Morgan fingerprint density at radius 1 is 0.923 bits per heavy atom. The molecule has 2 aromatic carbocycles. The van der Waals surface area contributed by atoms with Gasteiger partial charge in [-0.25, -0.2) is 4.98 Å². The first-order valence-corrected chi connectivity index (χ1v) is 8.18. The molecule has 7 heteroatoms. The maximum atomic E-state index is 10.1. The van der Waals surface area contributed by atoms with Gasteiger partial charge in [0.2, 0.25) is 0 Å². The van der Waals surface area contributed by atoms with Gasteiger partial charge in [0.15, 0.2) is 11.5 Å². The molecule has 0 fully saturated rings. The third kappa shape index (κ3) is 3.04. The van der Waals surface area contributed by atoms with Crippen molar-refractivity contribution >= 4 is 11.6 Å². The molecule has 26 heavy (non-hydrogen) atoms. The Morgan fingerprint density at radius 3 is 2.08 bits per heavy atom. The van der Waals surface area contributed by atoms with Crippen molar-refractivity contribution in [2.24, 2.45) is 7.05 Å². The van der Waals surface area contributed by atoms with Crippen LogP contribution in [0.4, 0.5) is 0 Å². The molecule has 0 aliphatic rings. The lowest BCUT2D eigenvalue weighted by molar-refractivity contribution is 0.373. The van der Waals surface area contributed by atoms with Gasteiger partial charge in [0.1, 0.15) is 16.5 Å². The molecule has 0 bridgehead atoms. The van der Waals surface area contributed by atoms with Crippen molar-refractivity contribution in [1.82, 2.24) is 9.55 Å². The molecule has 0 radical (unpaired) electrons. The third-order valence-corrected chi connectivity index (χ3v) is 4.48. The first-order valence-electron chi connectivity index (χ1n) is 7.80. The van der Waals surface area contributed by atoms with Crippen LogP contribution in [0.5, 0.6) is 23.0 Å². The number of phenolic OH excluding ortho intramolecular Hbond substituents is 1. The first-order chi connectivity index (χ1) is 12.5. The number of halogens is 1. The molecule has 0 saturated carbocycles. The lowest BCUT2D eigenvalue weighted by Crippen LogP contribution is -1.94. The summed E-state index contributed by atoms with van der Waals surface area (Å²) in [5.74, 6) is 1.46. The second-order valence-corrected chi connectivity index (χ2v) is 6.01. The second kappa shape index (κ2) is 7.17. The van der Waals surface area contributed by atoms with E-state index in [0.29, 0.717) is 28.0 Å². The van der Waals surface area contributed by atoms with Gasteiger partial charge < -0.3 is 23.9 Å². The van der Waals surface area contributed by atoms with E-state index in [1.165, 1.54) is 7.11 Å². The number of imidazole rings is 1. The summed E-state index contributed by atoms with van der Waals surface area (Å²) in [6, 6.07) is 8.83. The van der Waals surface area contributed by atoms with E-state index in [4.69, 9.17) is 25.8 Å². The van der Waals surface area contributed by atoms with E-state index in [1.807, 2.05) is 17.7 Å². The van der Waals surface area contributed by atoms with E-state index in [0.717, 1.165) is 16.8 Å². The standard InChI is InChI=1S/C19H19ClN2O4/c1-22-10-21-18(12-8-15(25-3)17(20)16(9-12)26-4)19(22)11-5-6-14(24-2)13(23)7-11/h5-10,23H,1-4H3. The zero-order valence-electron chi connectivity index (χ0n) is 14.9. The van der Waals surface area contributed by atoms with Gasteiger partial charge in [0, 0.05) is 18.2 Å². The molecule has 0 aliphatic carbocycles. The van der Waals surface area contributed by atoms with Crippen molar-refractivity contribution in [3.05, 3.63) is 41.7 Å². The molecule has 0 spiro atoms. The maximum Gasteiger partial charge on any atom is 0.160 e. The number of hydrogen-bond acceptors (Lipinski definition) is 5. The van der Waals surface area contributed by atoms with Crippen LogP contribution in [0.3, 0.4) is 0 Å². The highest BCUT2D eigenvalue weighted by Gasteiger charge is 2.18. The molecular formula is C19H19ClN2O4. The molecule has 136 valence electrons. The predicted octanol–water partition coefficient (Wildman–Crippen LogP) is 4.14. The van der Waals surface area contributed by atoms with Gasteiger partial charge in [-0.1, -0.05) is 11.6 Å². The Bertz CT molecular complexity index is 928. The summed E-state index contributed by atoms with van der Waals surface area (Å²) in [6.45, 7) is 0. The van der Waals surface area contributed by atoms with Gasteiger partial charge in [-0.3, -0.25) is 0 Å². The molecule has 0 atom stereocenters. The number of aromatic nitrogens is 2. The maximum absolute atomic E-state index is 10.1. The smallest absolute Gasteiger partial charge is 0.160 e. The monoisotopic (exact) mass is 374 g/mol. The molecule has 0 saturated heterocycles. The fraction of sp³-hybridized carbons (Fsp3) is 0.211. The summed E-state index contributed by atoms with van der Waals surface area (Å²) in [4.78, 5) is 4.51. The van der Waals surface area contributed by atoms with Gasteiger partial charge >= 0.3 is 0 Å². The number of methoxy groups -OCH3 is 3. The van der Waals surface area contributed by atoms with E-state index in [-0.39, 0.29) is 5.75 Å². The van der Waals surface area contributed by atoms with Crippen molar-refractivity contribution in [2.75, 3.05) is 21.3 Å². The van der Waals surface area contributed by atoms with Gasteiger partial charge in [-0.2, -0.15) is 0 Å². The summed E-state index contributed by atoms with van der Waals surface area (Å²) < 4.78 is 17.7. The van der Waals surface area contributed by atoms with Crippen LogP contribution in [0.1, 0.15) is 0 Å². The molecule has 1 heterocycles. The number of benzene rings is 2. The Balaban J connectivity index is 2.19. The topological polar surface area (TPSA) is 65.7 Å². The average molecular weight is 375 g/mol. The third-order valence-electron chi connectivity index (χ3n) is 4.11. The molecule has 0 unspecified atom stereocenters. The SMILES string of the molecule is COc1ccc(-c2c(-c3cc(OC)c(Cl)c(OC)c3)ncn2C)cc1O. The van der Waals surface area contributed by atoms with Gasteiger partial charge in [-0.15, -0.1) is 0 Å². The number of aromatic hydroxyl groups is 1. The summed E-state index contributed by atoms with van der Waals surface area (Å²) in [5.41, 5.74) is 3.12. The number of ether oxygens (including phenoxy) is 3. The molecule has 3 rings (SSSR count). The van der Waals surface area contributed by atoms with Gasteiger partial charge in [-0.05, 0) is 30.3 Å². The molecular weight excluding hydrogens is 356 g/mol. The summed E-state index contributed by atoms with van der Waals surface area (Å²) in [5, 5.41) is 10.5. The largest absolute Gasteiger partial charge is 0.504 e. The van der Waals surface area contributed by atoms with Crippen LogP contribution < -0.4 is 14.2 Å². The van der Waals surface area contributed by atoms with Crippen LogP contribution in [0.15, 0.2) is 36.7 Å². The predicted molar refractivity (Wildman–Crippen MR) is 100 cm³/mol. The highest BCUT2D eigenvalue weighted by molar-refractivity contribution is 6.33. The van der Waals surface area contributed by atoms with Crippen LogP contribution in [-0.2, 0) is 7.05 Å². The van der Waals surface area contributed by atoms with Gasteiger partial charge in [0.25, 0.3) is 0 Å². The molecule has 0 aliphatic heterocycles. The lowest BCUT2D eigenvalue weighted by atomic mass is 10.0. The molecule has 6 nitrogen and oxygen atoms in total. The van der Waals surface area contributed by atoms with E-state index in [9.17, 15) is 5.11 Å². The quantitative estimate of drug-likeness (QED) is 0.727. The van der Waals surface area contributed by atoms with Crippen LogP contribution >= 0.6 is 11.6 Å². The van der Waals surface area contributed by atoms with E-state index in [2.05, 4.69) is 4.98 Å². The van der Waals surface area contributed by atoms with Crippen molar-refractivity contribution in [1.29, 1.82) is 0 Å². The molecule has 3 aromatic rings. The first kappa shape index (κ1) is 17.9. The second-order valence-electron chi connectivity index (χ2n) is 5.63. The molecule has 1 aromatic heterocycles. The van der Waals surface area contributed by atoms with Crippen LogP contribution in [0.2, 0.25) is 5.02 Å². The van der Waals surface area contributed by atoms with Crippen molar-refractivity contribution < 1.29 is 19.3 Å². The zero-order valence-corrected chi connectivity index (χ0v) is 15.7. The minimum atomic E-state index is 0.0587. The van der Waals surface area contributed by atoms with Crippen LogP contribution in [0.25, 0.3) is 22.5 Å². The highest BCUT2D eigenvalue weighted by Crippen LogP contribution is 2.41. The van der Waals surface area contributed by atoms with E-state index in [1.54, 1.807) is 44.8 Å². The van der Waals surface area contributed by atoms with Crippen LogP contribution in [0, 0.1) is 0 Å². The fourth-order valence-corrected chi connectivity index (χ4v) is 3.09. The Labute approximate surface area is 156 Å². The van der Waals surface area contributed by atoms with E-state index < -0.39 is 0 Å². The minimum absolute atomic E-state index is 0.0587. The summed E-state index contributed by atoms with van der Waals surface area (Å²) in [7, 11) is 6.49. The van der Waals surface area contributed by atoms with Crippen LogP contribution in [-0.4, -0.2) is 36.0 Å². The highest BCUT2D eigenvalue weighted by atomic mass is 35.5. The number of aryl methyl sites for hydroxylation is 1. The summed E-state index contributed by atoms with van der Waals surface area (Å²) in [6.07, 6.45) is 1.71. The number of rotatable bonds is 5. The minimum Gasteiger partial charge on any atom is -0.504 e. The molecule has 0 amide bonds. The van der Waals surface area contributed by atoms with Gasteiger partial charge in [0.05, 0.1) is 39.0 Å². The normalized spacial score (nSPS) is 10.7. The average Bonchev–Trinajstić information content (AvgIpc) is 3.03. The van der Waals surface area contributed by atoms with E-state index >= 15 is 0 Å². The molecule has 1 N–H and O–H groups in total. The number of phenols is 1. The van der Waals surface area contributed by atoms with Crippen molar-refractivity contribution in [2.45, 2.75) is 0 Å². The lowest BCUT2D eigenvalue weighted by Gasteiger charge is -2.13. The summed E-state index contributed by atoms with van der Waals surface area (Å²) >= 11 is 6.26. The van der Waals surface area contributed by atoms with Crippen molar-refractivity contribution in [3.63, 3.8) is 0 Å². The fourth-order valence-electron chi connectivity index (χ4n) is 2.83. The zero-order chi connectivity index (χ0) is 18.8.